The molecule has 7 nitrogen and oxygen atoms in total. The van der Waals surface area contributed by atoms with Gasteiger partial charge in [-0.2, -0.15) is 0 Å². The molecule has 0 unspecified atom stereocenters. The van der Waals surface area contributed by atoms with Crippen LogP contribution in [-0.2, 0) is 9.59 Å². The Bertz CT molecular complexity index is 729. The molecule has 1 aromatic carbocycles. The fourth-order valence-electron chi connectivity index (χ4n) is 4.02. The van der Waals surface area contributed by atoms with Crippen molar-refractivity contribution < 1.29 is 18.8 Å². The normalized spacial score (nSPS) is 24.8. The predicted octanol–water partition coefficient (Wildman–Crippen LogP) is 2.34. The number of benzene rings is 1. The van der Waals surface area contributed by atoms with Gasteiger partial charge in [0.25, 0.3) is 0 Å². The van der Waals surface area contributed by atoms with Crippen molar-refractivity contribution in [2.75, 3.05) is 18.4 Å². The van der Waals surface area contributed by atoms with Gasteiger partial charge in [0.1, 0.15) is 5.82 Å². The average Bonchev–Trinajstić information content (AvgIpc) is 3.11. The Balaban J connectivity index is 1.51. The monoisotopic (exact) mass is 390 g/mol. The number of hydrogen-bond acceptors (Lipinski definition) is 3. The molecule has 0 spiro atoms. The molecule has 0 bridgehead atoms. The van der Waals surface area contributed by atoms with E-state index in [0.717, 1.165) is 19.3 Å². The summed E-state index contributed by atoms with van der Waals surface area (Å²) in [4.78, 5) is 40.7. The second-order valence-electron chi connectivity index (χ2n) is 7.68. The van der Waals surface area contributed by atoms with Crippen LogP contribution in [-0.4, -0.2) is 58.9 Å². The Morgan fingerprint density at radius 3 is 2.29 bits per heavy atom. The third-order valence-electron chi connectivity index (χ3n) is 5.52. The first-order valence-electron chi connectivity index (χ1n) is 9.80. The fraction of sp³-hybridized carbons (Fsp3) is 0.550. The van der Waals surface area contributed by atoms with E-state index in [0.29, 0.717) is 25.2 Å². The molecule has 1 aromatic rings. The Hall–Kier alpha value is -2.64. The summed E-state index contributed by atoms with van der Waals surface area (Å²) in [5, 5.41) is 5.43. The van der Waals surface area contributed by atoms with Crippen molar-refractivity contribution in [2.45, 2.75) is 57.7 Å². The van der Waals surface area contributed by atoms with Crippen LogP contribution in [0.15, 0.2) is 24.3 Å². The second-order valence-corrected chi connectivity index (χ2v) is 7.68. The maximum Gasteiger partial charge on any atom is 0.319 e. The van der Waals surface area contributed by atoms with E-state index in [2.05, 4.69) is 10.6 Å². The van der Waals surface area contributed by atoms with E-state index in [4.69, 9.17) is 0 Å². The lowest BCUT2D eigenvalue weighted by Gasteiger charge is -2.39. The van der Waals surface area contributed by atoms with Crippen molar-refractivity contribution >= 4 is 23.5 Å². The van der Waals surface area contributed by atoms with E-state index in [-0.39, 0.29) is 23.9 Å². The summed E-state index contributed by atoms with van der Waals surface area (Å²) in [7, 11) is 0. The summed E-state index contributed by atoms with van der Waals surface area (Å²) in [6.07, 6.45) is 3.48. The molecule has 3 atom stereocenters. The molecule has 0 radical (unpaired) electrons. The number of hydrogen-bond donors (Lipinski definition) is 2. The minimum atomic E-state index is -0.496. The highest BCUT2D eigenvalue weighted by Crippen LogP contribution is 2.23. The summed E-state index contributed by atoms with van der Waals surface area (Å²) >= 11 is 0. The standard InChI is InChI=1S/C20H27FN4O3/c1-13-4-3-5-14(2)25(13)19(27)18(26)24-11-10-17(12-24)23-20(28)22-16-8-6-15(21)7-9-16/h6-9,13-14,17H,3-5,10-12H2,1-2H3,(H2,22,23,28)/t13-,14+,17-/m1/s1. The second kappa shape index (κ2) is 8.58. The molecule has 2 aliphatic heterocycles. The van der Waals surface area contributed by atoms with Crippen molar-refractivity contribution in [2.24, 2.45) is 0 Å². The van der Waals surface area contributed by atoms with E-state index in [1.54, 1.807) is 4.90 Å². The molecule has 0 aromatic heterocycles. The highest BCUT2D eigenvalue weighted by Gasteiger charge is 2.37. The van der Waals surface area contributed by atoms with Crippen molar-refractivity contribution in [3.05, 3.63) is 30.1 Å². The number of nitrogens with zero attached hydrogens (tertiary/aromatic N) is 2. The van der Waals surface area contributed by atoms with Gasteiger partial charge in [0, 0.05) is 36.9 Å². The largest absolute Gasteiger partial charge is 0.333 e. The van der Waals surface area contributed by atoms with Crippen molar-refractivity contribution in [3.8, 4) is 0 Å². The van der Waals surface area contributed by atoms with Gasteiger partial charge in [-0.3, -0.25) is 9.59 Å². The van der Waals surface area contributed by atoms with Gasteiger partial charge in [-0.15, -0.1) is 0 Å². The van der Waals surface area contributed by atoms with Crippen LogP contribution < -0.4 is 10.6 Å². The maximum absolute atomic E-state index is 12.9. The van der Waals surface area contributed by atoms with Crippen LogP contribution in [0.2, 0.25) is 0 Å². The first kappa shape index (κ1) is 20.1. The number of carbonyl (C=O) groups excluding carboxylic acids is 3. The number of anilines is 1. The van der Waals surface area contributed by atoms with Gasteiger partial charge < -0.3 is 20.4 Å². The van der Waals surface area contributed by atoms with Crippen molar-refractivity contribution in [3.63, 3.8) is 0 Å². The number of rotatable bonds is 2. The van der Waals surface area contributed by atoms with Crippen molar-refractivity contribution in [1.82, 2.24) is 15.1 Å². The molecule has 2 heterocycles. The molecule has 2 fully saturated rings. The lowest BCUT2D eigenvalue weighted by molar-refractivity contribution is -0.155. The lowest BCUT2D eigenvalue weighted by atomic mass is 9.97. The number of nitrogens with one attached hydrogen (secondary N) is 2. The highest BCUT2D eigenvalue weighted by molar-refractivity contribution is 6.35. The Kier molecular flexibility index (Phi) is 6.16. The molecule has 2 N–H and O–H groups in total. The number of urea groups is 1. The molecule has 2 aliphatic rings. The van der Waals surface area contributed by atoms with Crippen LogP contribution in [0.25, 0.3) is 0 Å². The number of piperidine rings is 1. The summed E-state index contributed by atoms with van der Waals surface area (Å²) in [6.45, 7) is 4.70. The number of carbonyl (C=O) groups is 3. The molecule has 3 rings (SSSR count). The van der Waals surface area contributed by atoms with Gasteiger partial charge in [-0.1, -0.05) is 0 Å². The molecule has 2 saturated heterocycles. The number of halogens is 1. The van der Waals surface area contributed by atoms with Gasteiger partial charge in [0.05, 0.1) is 0 Å². The van der Waals surface area contributed by atoms with Crippen LogP contribution in [0, 0.1) is 5.82 Å². The fourth-order valence-corrected chi connectivity index (χ4v) is 4.02. The zero-order chi connectivity index (χ0) is 20.3. The predicted molar refractivity (Wildman–Crippen MR) is 103 cm³/mol. The Morgan fingerprint density at radius 2 is 1.64 bits per heavy atom. The number of amides is 4. The van der Waals surface area contributed by atoms with E-state index in [1.807, 2.05) is 13.8 Å². The van der Waals surface area contributed by atoms with Gasteiger partial charge in [0.15, 0.2) is 0 Å². The SMILES string of the molecule is C[C@@H]1CCC[C@H](C)N1C(=O)C(=O)N1CC[C@@H](NC(=O)Nc2ccc(F)cc2)C1. The first-order valence-corrected chi connectivity index (χ1v) is 9.80. The van der Waals surface area contributed by atoms with Crippen LogP contribution in [0.4, 0.5) is 14.9 Å². The molecule has 152 valence electrons. The third kappa shape index (κ3) is 4.61. The lowest BCUT2D eigenvalue weighted by Crippen LogP contribution is -2.53. The maximum atomic E-state index is 12.9. The molecule has 0 saturated carbocycles. The van der Waals surface area contributed by atoms with Crippen LogP contribution >= 0.6 is 0 Å². The molecular formula is C20H27FN4O3. The van der Waals surface area contributed by atoms with Crippen molar-refractivity contribution in [1.29, 1.82) is 0 Å². The third-order valence-corrected chi connectivity index (χ3v) is 5.52. The Labute approximate surface area is 164 Å². The van der Waals surface area contributed by atoms with Crippen LogP contribution in [0.1, 0.15) is 39.5 Å². The van der Waals surface area contributed by atoms with E-state index >= 15 is 0 Å². The molecule has 28 heavy (non-hydrogen) atoms. The molecule has 4 amide bonds. The molecule has 0 aliphatic carbocycles. The number of likely N-dealkylation sites (tertiary alicyclic amines) is 2. The summed E-state index contributed by atoms with van der Waals surface area (Å²) in [5.41, 5.74) is 0.480. The zero-order valence-electron chi connectivity index (χ0n) is 16.3. The van der Waals surface area contributed by atoms with Gasteiger partial charge in [0.2, 0.25) is 0 Å². The van der Waals surface area contributed by atoms with Crippen LogP contribution in [0.3, 0.4) is 0 Å². The minimum absolute atomic E-state index is 0.0678. The smallest absolute Gasteiger partial charge is 0.319 e. The van der Waals surface area contributed by atoms with E-state index in [1.165, 1.54) is 29.2 Å². The van der Waals surface area contributed by atoms with Crippen LogP contribution in [0.5, 0.6) is 0 Å². The van der Waals surface area contributed by atoms with Gasteiger partial charge >= 0.3 is 17.8 Å². The molecular weight excluding hydrogens is 363 g/mol. The Morgan fingerprint density at radius 1 is 1.00 bits per heavy atom. The first-order chi connectivity index (χ1) is 13.3. The highest BCUT2D eigenvalue weighted by atomic mass is 19.1. The van der Waals surface area contributed by atoms with E-state index < -0.39 is 17.8 Å². The van der Waals surface area contributed by atoms with Gasteiger partial charge in [-0.25, -0.2) is 9.18 Å². The van der Waals surface area contributed by atoms with E-state index in [9.17, 15) is 18.8 Å². The zero-order valence-corrected chi connectivity index (χ0v) is 16.3. The quantitative estimate of drug-likeness (QED) is 0.761. The summed E-state index contributed by atoms with van der Waals surface area (Å²) in [6, 6.07) is 4.96. The van der Waals surface area contributed by atoms with Gasteiger partial charge in [-0.05, 0) is 63.8 Å². The summed E-state index contributed by atoms with van der Waals surface area (Å²) in [5.74, 6) is -1.32. The average molecular weight is 390 g/mol. The minimum Gasteiger partial charge on any atom is -0.333 e. The topological polar surface area (TPSA) is 81.8 Å². The molecule has 8 heteroatoms. The summed E-state index contributed by atoms with van der Waals surface area (Å²) < 4.78 is 12.9.